The van der Waals surface area contributed by atoms with Gasteiger partial charge in [-0.25, -0.2) is 13.2 Å². The van der Waals surface area contributed by atoms with Gasteiger partial charge in [0.2, 0.25) is 0 Å². The Kier molecular flexibility index (Phi) is 3.56. The molecule has 1 heterocycles. The molecule has 2 aromatic rings. The highest BCUT2D eigenvalue weighted by atomic mass is 79.9. The van der Waals surface area contributed by atoms with E-state index in [1.807, 2.05) is 0 Å². The first-order chi connectivity index (χ1) is 8.00. The molecular formula is C11H6BrF3OS. The minimum absolute atomic E-state index is 0.279. The Balaban J connectivity index is 2.44. The zero-order valence-corrected chi connectivity index (χ0v) is 10.7. The molecule has 90 valence electrons. The largest absolute Gasteiger partial charge is 0.383 e. The molecule has 1 atom stereocenters. The van der Waals surface area contributed by atoms with Crippen molar-refractivity contribution in [1.82, 2.24) is 0 Å². The third-order valence-electron chi connectivity index (χ3n) is 2.22. The minimum atomic E-state index is -1.57. The van der Waals surface area contributed by atoms with Gasteiger partial charge in [-0.3, -0.25) is 0 Å². The van der Waals surface area contributed by atoms with Gasteiger partial charge in [0.15, 0.2) is 17.5 Å². The van der Waals surface area contributed by atoms with Gasteiger partial charge >= 0.3 is 0 Å². The zero-order chi connectivity index (χ0) is 12.6. The Morgan fingerprint density at radius 1 is 1.18 bits per heavy atom. The third-order valence-corrected chi connectivity index (χ3v) is 3.96. The molecular weight excluding hydrogens is 317 g/mol. The summed E-state index contributed by atoms with van der Waals surface area (Å²) in [6.45, 7) is 0. The fourth-order valence-corrected chi connectivity index (χ4v) is 2.82. The average Bonchev–Trinajstić information content (AvgIpc) is 2.72. The summed E-state index contributed by atoms with van der Waals surface area (Å²) < 4.78 is 39.9. The summed E-state index contributed by atoms with van der Waals surface area (Å²) in [5.74, 6) is -4.20. The summed E-state index contributed by atoms with van der Waals surface area (Å²) in [5.41, 5.74) is -0.279. The van der Waals surface area contributed by atoms with Crippen LogP contribution in [0, 0.1) is 17.5 Å². The second kappa shape index (κ2) is 4.80. The topological polar surface area (TPSA) is 20.2 Å². The van der Waals surface area contributed by atoms with Crippen molar-refractivity contribution < 1.29 is 18.3 Å². The standard InChI is InChI=1S/C11H6BrF3OS/c12-5-3-8(17-4-5)11(16)6-1-2-7(13)10(15)9(6)14/h1-4,11,16H. The van der Waals surface area contributed by atoms with Crippen molar-refractivity contribution in [2.45, 2.75) is 6.10 Å². The molecule has 0 saturated carbocycles. The number of hydrogen-bond acceptors (Lipinski definition) is 2. The van der Waals surface area contributed by atoms with E-state index in [0.29, 0.717) is 4.88 Å². The van der Waals surface area contributed by atoms with E-state index in [1.165, 1.54) is 11.3 Å². The summed E-state index contributed by atoms with van der Waals surface area (Å²) in [6, 6.07) is 3.42. The number of hydrogen-bond donors (Lipinski definition) is 1. The molecule has 0 aliphatic carbocycles. The predicted octanol–water partition coefficient (Wildman–Crippen LogP) is 4.01. The van der Waals surface area contributed by atoms with Crippen molar-refractivity contribution in [3.63, 3.8) is 0 Å². The van der Waals surface area contributed by atoms with E-state index >= 15 is 0 Å². The molecule has 0 radical (unpaired) electrons. The van der Waals surface area contributed by atoms with Gasteiger partial charge in [-0.1, -0.05) is 0 Å². The van der Waals surface area contributed by atoms with Gasteiger partial charge in [-0.05, 0) is 34.1 Å². The molecule has 0 fully saturated rings. The van der Waals surface area contributed by atoms with Crippen molar-refractivity contribution in [3.05, 3.63) is 55.9 Å². The fourth-order valence-electron chi connectivity index (χ4n) is 1.38. The van der Waals surface area contributed by atoms with Crippen LogP contribution in [0.25, 0.3) is 0 Å². The van der Waals surface area contributed by atoms with Crippen LogP contribution in [0.15, 0.2) is 28.1 Å². The lowest BCUT2D eigenvalue weighted by Crippen LogP contribution is -2.04. The van der Waals surface area contributed by atoms with Gasteiger partial charge in [0.05, 0.1) is 0 Å². The van der Waals surface area contributed by atoms with Crippen LogP contribution in [-0.2, 0) is 0 Å². The van der Waals surface area contributed by atoms with Gasteiger partial charge in [0.25, 0.3) is 0 Å². The lowest BCUT2D eigenvalue weighted by atomic mass is 10.1. The van der Waals surface area contributed by atoms with Crippen LogP contribution >= 0.6 is 27.3 Å². The maximum absolute atomic E-state index is 13.4. The highest BCUT2D eigenvalue weighted by Gasteiger charge is 2.21. The highest BCUT2D eigenvalue weighted by molar-refractivity contribution is 9.10. The number of thiophene rings is 1. The number of aliphatic hydroxyl groups excluding tert-OH is 1. The number of benzene rings is 1. The molecule has 1 nitrogen and oxygen atoms in total. The van der Waals surface area contributed by atoms with Crippen LogP contribution in [0.3, 0.4) is 0 Å². The molecule has 17 heavy (non-hydrogen) atoms. The molecule has 1 unspecified atom stereocenters. The molecule has 0 saturated heterocycles. The molecule has 6 heteroatoms. The summed E-state index contributed by atoms with van der Waals surface area (Å²) in [6.07, 6.45) is -1.30. The third kappa shape index (κ3) is 2.38. The Hall–Kier alpha value is -0.850. The molecule has 0 spiro atoms. The van der Waals surface area contributed by atoms with Crippen molar-refractivity contribution in [1.29, 1.82) is 0 Å². The van der Waals surface area contributed by atoms with Crippen LogP contribution < -0.4 is 0 Å². The Morgan fingerprint density at radius 2 is 1.88 bits per heavy atom. The predicted molar refractivity (Wildman–Crippen MR) is 62.4 cm³/mol. The quantitative estimate of drug-likeness (QED) is 0.828. The summed E-state index contributed by atoms with van der Waals surface area (Å²) in [4.78, 5) is 0.446. The van der Waals surface area contributed by atoms with Crippen molar-refractivity contribution in [2.75, 3.05) is 0 Å². The summed E-state index contributed by atoms with van der Waals surface area (Å²) >= 11 is 4.38. The van der Waals surface area contributed by atoms with E-state index in [0.717, 1.165) is 16.6 Å². The Morgan fingerprint density at radius 3 is 2.47 bits per heavy atom. The molecule has 0 amide bonds. The van der Waals surface area contributed by atoms with Gasteiger partial charge in [0.1, 0.15) is 6.10 Å². The number of halogens is 4. The summed E-state index contributed by atoms with van der Waals surface area (Å²) in [5, 5.41) is 11.6. The normalized spacial score (nSPS) is 12.8. The average molecular weight is 323 g/mol. The second-order valence-corrected chi connectivity index (χ2v) is 5.19. The fraction of sp³-hybridized carbons (Fsp3) is 0.0909. The monoisotopic (exact) mass is 322 g/mol. The molecule has 1 aromatic carbocycles. The first-order valence-corrected chi connectivity index (χ1v) is 6.23. The van der Waals surface area contributed by atoms with Crippen LogP contribution in [-0.4, -0.2) is 5.11 Å². The lowest BCUT2D eigenvalue weighted by Gasteiger charge is -2.10. The van der Waals surface area contributed by atoms with Crippen LogP contribution in [0.5, 0.6) is 0 Å². The maximum Gasteiger partial charge on any atom is 0.194 e. The van der Waals surface area contributed by atoms with E-state index in [2.05, 4.69) is 15.9 Å². The molecule has 0 aliphatic rings. The Labute approximate surface area is 108 Å². The Bertz CT molecular complexity index is 556. The zero-order valence-electron chi connectivity index (χ0n) is 8.25. The molecule has 1 aromatic heterocycles. The lowest BCUT2D eigenvalue weighted by molar-refractivity contribution is 0.216. The van der Waals surface area contributed by atoms with Gasteiger partial charge < -0.3 is 5.11 Å². The van der Waals surface area contributed by atoms with Crippen LogP contribution in [0.4, 0.5) is 13.2 Å². The van der Waals surface area contributed by atoms with Gasteiger partial charge in [-0.15, -0.1) is 11.3 Å². The van der Waals surface area contributed by atoms with E-state index in [-0.39, 0.29) is 5.56 Å². The maximum atomic E-state index is 13.4. The van der Waals surface area contributed by atoms with E-state index in [9.17, 15) is 18.3 Å². The first-order valence-electron chi connectivity index (χ1n) is 4.56. The number of aliphatic hydroxyl groups is 1. The van der Waals surface area contributed by atoms with E-state index < -0.39 is 23.6 Å². The molecule has 0 bridgehead atoms. The molecule has 0 aliphatic heterocycles. The SMILES string of the molecule is OC(c1cc(Br)cs1)c1ccc(F)c(F)c1F. The van der Waals surface area contributed by atoms with Crippen molar-refractivity contribution >= 4 is 27.3 Å². The van der Waals surface area contributed by atoms with Gasteiger partial charge in [0, 0.05) is 20.3 Å². The smallest absolute Gasteiger partial charge is 0.194 e. The van der Waals surface area contributed by atoms with Gasteiger partial charge in [-0.2, -0.15) is 0 Å². The first kappa shape index (κ1) is 12.6. The van der Waals surface area contributed by atoms with Crippen LogP contribution in [0.2, 0.25) is 0 Å². The van der Waals surface area contributed by atoms with E-state index in [1.54, 1.807) is 11.4 Å². The second-order valence-electron chi connectivity index (χ2n) is 3.33. The summed E-state index contributed by atoms with van der Waals surface area (Å²) in [7, 11) is 0. The molecule has 2 rings (SSSR count). The molecule has 1 N–H and O–H groups in total. The number of rotatable bonds is 2. The minimum Gasteiger partial charge on any atom is -0.383 e. The van der Waals surface area contributed by atoms with E-state index in [4.69, 9.17) is 0 Å². The highest BCUT2D eigenvalue weighted by Crippen LogP contribution is 2.32. The van der Waals surface area contributed by atoms with Crippen molar-refractivity contribution in [3.8, 4) is 0 Å². The van der Waals surface area contributed by atoms with Crippen LogP contribution in [0.1, 0.15) is 16.5 Å². The van der Waals surface area contributed by atoms with Crippen molar-refractivity contribution in [2.24, 2.45) is 0 Å².